The van der Waals surface area contributed by atoms with E-state index in [9.17, 15) is 9.59 Å². The average molecular weight is 429 g/mol. The van der Waals surface area contributed by atoms with Crippen LogP contribution in [0.1, 0.15) is 46.6 Å². The van der Waals surface area contributed by atoms with E-state index in [0.29, 0.717) is 32.8 Å². The number of carbonyl (C=O) groups excluding carboxylic acids is 2. The second-order valence-corrected chi connectivity index (χ2v) is 8.78. The Hall–Kier alpha value is -2.75. The minimum Gasteiger partial charge on any atom is -0.450 e. The first kappa shape index (κ1) is 19.2. The smallest absolute Gasteiger partial charge is 0.409 e. The molecular formula is C20H24N6O3S. The van der Waals surface area contributed by atoms with Gasteiger partial charge in [-0.2, -0.15) is 4.52 Å². The third-order valence-corrected chi connectivity index (χ3v) is 7.02. The van der Waals surface area contributed by atoms with Crippen molar-refractivity contribution < 1.29 is 14.3 Å². The highest BCUT2D eigenvalue weighted by atomic mass is 32.1. The fraction of sp³-hybridized carbons (Fsp3) is 0.550. The Morgan fingerprint density at radius 2 is 1.80 bits per heavy atom. The summed E-state index contributed by atoms with van der Waals surface area (Å²) in [6.45, 7) is 5.79. The second-order valence-electron chi connectivity index (χ2n) is 7.70. The van der Waals surface area contributed by atoms with E-state index in [2.05, 4.69) is 10.1 Å². The van der Waals surface area contributed by atoms with Gasteiger partial charge >= 0.3 is 6.09 Å². The maximum Gasteiger partial charge on any atom is 0.409 e. The van der Waals surface area contributed by atoms with Gasteiger partial charge in [0.2, 0.25) is 5.82 Å². The number of aromatic nitrogens is 4. The van der Waals surface area contributed by atoms with Crippen molar-refractivity contribution in [2.75, 3.05) is 32.8 Å². The predicted octanol–water partition coefficient (Wildman–Crippen LogP) is 2.44. The highest BCUT2D eigenvalue weighted by molar-refractivity contribution is 7.19. The van der Waals surface area contributed by atoms with Crippen LogP contribution in [-0.2, 0) is 17.6 Å². The molecule has 9 nitrogen and oxygen atoms in total. The molecule has 3 aromatic rings. The summed E-state index contributed by atoms with van der Waals surface area (Å²) in [5, 5.41) is 5.56. The Balaban J connectivity index is 1.45. The van der Waals surface area contributed by atoms with Crippen molar-refractivity contribution in [1.82, 2.24) is 29.4 Å². The monoisotopic (exact) mass is 428 g/mol. The fourth-order valence-corrected chi connectivity index (χ4v) is 5.59. The number of thiophene rings is 1. The van der Waals surface area contributed by atoms with E-state index in [-0.39, 0.29) is 17.8 Å². The molecule has 30 heavy (non-hydrogen) atoms. The molecule has 1 fully saturated rings. The lowest BCUT2D eigenvalue weighted by molar-refractivity contribution is 0.0561. The van der Waals surface area contributed by atoms with Crippen LogP contribution in [-0.4, -0.2) is 74.2 Å². The molecule has 1 aliphatic heterocycles. The summed E-state index contributed by atoms with van der Waals surface area (Å²) in [5.74, 6) is 0.710. The van der Waals surface area contributed by atoms with E-state index in [1.54, 1.807) is 32.6 Å². The molecule has 1 aliphatic carbocycles. The SMILES string of the molecule is CCOC(=O)N1CCN(C(=O)c2nc3c4c5c(sc4nc(C)n3n2)CCCC5)CC1. The first-order valence-corrected chi connectivity index (χ1v) is 11.3. The molecule has 5 rings (SSSR count). The van der Waals surface area contributed by atoms with Crippen LogP contribution < -0.4 is 0 Å². The van der Waals surface area contributed by atoms with Gasteiger partial charge in [0.1, 0.15) is 10.7 Å². The van der Waals surface area contributed by atoms with Gasteiger partial charge in [-0.05, 0) is 45.1 Å². The van der Waals surface area contributed by atoms with Crippen molar-refractivity contribution in [1.29, 1.82) is 0 Å². The number of nitrogens with zero attached hydrogens (tertiary/aromatic N) is 6. The van der Waals surface area contributed by atoms with E-state index in [1.165, 1.54) is 23.3 Å². The Morgan fingerprint density at radius 1 is 1.07 bits per heavy atom. The van der Waals surface area contributed by atoms with Crippen molar-refractivity contribution in [2.45, 2.75) is 39.5 Å². The van der Waals surface area contributed by atoms with Crippen LogP contribution in [0, 0.1) is 6.92 Å². The highest BCUT2D eigenvalue weighted by Crippen LogP contribution is 2.37. The number of amides is 2. The Morgan fingerprint density at radius 3 is 2.57 bits per heavy atom. The fourth-order valence-electron chi connectivity index (χ4n) is 4.29. The Kier molecular flexibility index (Phi) is 4.80. The lowest BCUT2D eigenvalue weighted by Gasteiger charge is -2.33. The number of ether oxygens (including phenoxy) is 1. The van der Waals surface area contributed by atoms with Gasteiger partial charge in [0.15, 0.2) is 5.65 Å². The standard InChI is InChI=1S/C20H24N6O3S/c1-3-29-20(28)25-10-8-24(9-11-25)19(27)16-22-17-15-13-6-4-5-7-14(13)30-18(15)21-12(2)26(17)23-16/h3-11H2,1-2H3. The van der Waals surface area contributed by atoms with Gasteiger partial charge in [-0.3, -0.25) is 4.79 Å². The molecule has 10 heteroatoms. The van der Waals surface area contributed by atoms with Crippen LogP contribution in [0.4, 0.5) is 4.79 Å². The quantitative estimate of drug-likeness (QED) is 0.622. The number of hydrogen-bond acceptors (Lipinski definition) is 7. The van der Waals surface area contributed by atoms with Crippen LogP contribution in [0.2, 0.25) is 0 Å². The summed E-state index contributed by atoms with van der Waals surface area (Å²) in [5.41, 5.74) is 2.05. The topological polar surface area (TPSA) is 92.9 Å². The molecule has 0 aromatic carbocycles. The molecule has 0 saturated carbocycles. The van der Waals surface area contributed by atoms with Crippen molar-refractivity contribution >= 4 is 39.2 Å². The zero-order valence-electron chi connectivity index (χ0n) is 17.2. The van der Waals surface area contributed by atoms with Gasteiger partial charge in [0, 0.05) is 31.1 Å². The van der Waals surface area contributed by atoms with Crippen LogP contribution >= 0.6 is 11.3 Å². The largest absolute Gasteiger partial charge is 0.450 e. The van der Waals surface area contributed by atoms with E-state index >= 15 is 0 Å². The summed E-state index contributed by atoms with van der Waals surface area (Å²) >= 11 is 1.74. The Bertz CT molecular complexity index is 1140. The second kappa shape index (κ2) is 7.50. The summed E-state index contributed by atoms with van der Waals surface area (Å²) < 4.78 is 6.74. The molecule has 0 spiro atoms. The summed E-state index contributed by atoms with van der Waals surface area (Å²) in [7, 11) is 0. The molecule has 3 aromatic heterocycles. The van der Waals surface area contributed by atoms with Crippen molar-refractivity contribution in [3.8, 4) is 0 Å². The van der Waals surface area contributed by atoms with E-state index in [4.69, 9.17) is 9.72 Å². The van der Waals surface area contributed by atoms with E-state index in [0.717, 1.165) is 34.5 Å². The van der Waals surface area contributed by atoms with Gasteiger partial charge in [0.25, 0.3) is 5.91 Å². The molecule has 158 valence electrons. The first-order chi connectivity index (χ1) is 14.6. The van der Waals surface area contributed by atoms with Gasteiger partial charge < -0.3 is 14.5 Å². The molecule has 0 N–H and O–H groups in total. The lowest BCUT2D eigenvalue weighted by atomic mass is 9.97. The number of piperazine rings is 1. The number of fused-ring (bicyclic) bond motifs is 5. The van der Waals surface area contributed by atoms with Crippen molar-refractivity contribution in [3.05, 3.63) is 22.1 Å². The first-order valence-electron chi connectivity index (χ1n) is 10.5. The van der Waals surface area contributed by atoms with Gasteiger partial charge in [-0.15, -0.1) is 16.4 Å². The molecule has 2 amide bonds. The van der Waals surface area contributed by atoms with Crippen LogP contribution in [0.25, 0.3) is 15.9 Å². The normalized spacial score (nSPS) is 16.9. The van der Waals surface area contributed by atoms with E-state index in [1.807, 2.05) is 6.92 Å². The number of hydrogen-bond donors (Lipinski definition) is 0. The molecule has 0 bridgehead atoms. The van der Waals surface area contributed by atoms with Crippen molar-refractivity contribution in [3.63, 3.8) is 0 Å². The number of carbonyl (C=O) groups is 2. The van der Waals surface area contributed by atoms with Gasteiger partial charge in [-0.25, -0.2) is 14.8 Å². The summed E-state index contributed by atoms with van der Waals surface area (Å²) in [6, 6.07) is 0. The lowest BCUT2D eigenvalue weighted by Crippen LogP contribution is -2.50. The molecule has 0 atom stereocenters. The predicted molar refractivity (Wildman–Crippen MR) is 112 cm³/mol. The minimum absolute atomic E-state index is 0.188. The molecule has 1 saturated heterocycles. The molecular weight excluding hydrogens is 404 g/mol. The maximum atomic E-state index is 13.1. The zero-order chi connectivity index (χ0) is 20.8. The van der Waals surface area contributed by atoms with E-state index < -0.39 is 0 Å². The minimum atomic E-state index is -0.332. The zero-order valence-corrected chi connectivity index (χ0v) is 18.0. The highest BCUT2D eigenvalue weighted by Gasteiger charge is 2.29. The molecule has 4 heterocycles. The third-order valence-electron chi connectivity index (χ3n) is 5.84. The molecule has 0 radical (unpaired) electrons. The summed E-state index contributed by atoms with van der Waals surface area (Å²) in [6.07, 6.45) is 4.17. The van der Waals surface area contributed by atoms with Crippen LogP contribution in [0.5, 0.6) is 0 Å². The average Bonchev–Trinajstić information content (AvgIpc) is 3.35. The molecule has 2 aliphatic rings. The van der Waals surface area contributed by atoms with Crippen LogP contribution in [0.3, 0.4) is 0 Å². The van der Waals surface area contributed by atoms with Gasteiger partial charge in [-0.1, -0.05) is 0 Å². The third kappa shape index (κ3) is 3.10. The maximum absolute atomic E-state index is 13.1. The van der Waals surface area contributed by atoms with Crippen LogP contribution in [0.15, 0.2) is 0 Å². The number of rotatable bonds is 2. The van der Waals surface area contributed by atoms with Crippen molar-refractivity contribution in [2.24, 2.45) is 0 Å². The Labute approximate surface area is 177 Å². The summed E-state index contributed by atoms with van der Waals surface area (Å²) in [4.78, 5) is 40.1. The van der Waals surface area contributed by atoms with Gasteiger partial charge in [0.05, 0.1) is 12.0 Å². The molecule has 0 unspecified atom stereocenters. The number of aryl methyl sites for hydroxylation is 3.